The molecule has 0 spiro atoms. The van der Waals surface area contributed by atoms with E-state index in [1.54, 1.807) is 0 Å². The van der Waals surface area contributed by atoms with Crippen molar-refractivity contribution in [3.05, 3.63) is 47.5 Å². The van der Waals surface area contributed by atoms with E-state index in [9.17, 15) is 24.3 Å². The number of rotatable bonds is 8. The van der Waals surface area contributed by atoms with Crippen LogP contribution in [0.4, 0.5) is 0 Å². The van der Waals surface area contributed by atoms with Gasteiger partial charge in [-0.2, -0.15) is 0 Å². The summed E-state index contributed by atoms with van der Waals surface area (Å²) in [6, 6.07) is 8.10. The van der Waals surface area contributed by atoms with Crippen LogP contribution >= 0.6 is 0 Å². The van der Waals surface area contributed by atoms with E-state index in [2.05, 4.69) is 19.2 Å². The van der Waals surface area contributed by atoms with Crippen LogP contribution in [0.5, 0.6) is 0 Å². The van der Waals surface area contributed by atoms with Gasteiger partial charge in [0.1, 0.15) is 12.1 Å². The number of carboxylic acid groups (broad SMARTS) is 1. The zero-order chi connectivity index (χ0) is 27.8. The highest BCUT2D eigenvalue weighted by Gasteiger charge is 2.59. The summed E-state index contributed by atoms with van der Waals surface area (Å²) in [5.41, 5.74) is 2.23. The molecule has 1 aromatic carbocycles. The Hall–Kier alpha value is -2.96. The number of allylic oxidation sites excluding steroid dienone is 1. The lowest BCUT2D eigenvalue weighted by Crippen LogP contribution is -2.51. The number of hydrogen-bond donors (Lipinski definition) is 2. The number of carbonyl (C=O) groups is 4. The van der Waals surface area contributed by atoms with Crippen molar-refractivity contribution in [3.8, 4) is 0 Å². The van der Waals surface area contributed by atoms with Crippen molar-refractivity contribution in [2.75, 3.05) is 0 Å². The Morgan fingerprint density at radius 2 is 1.77 bits per heavy atom. The molecule has 7 nitrogen and oxygen atoms in total. The van der Waals surface area contributed by atoms with Crippen LogP contribution in [0.3, 0.4) is 0 Å². The van der Waals surface area contributed by atoms with E-state index < -0.39 is 17.9 Å². The molecule has 4 aliphatic carbocycles. The van der Waals surface area contributed by atoms with Crippen LogP contribution in [0, 0.1) is 28.6 Å². The lowest BCUT2D eigenvalue weighted by Gasteiger charge is -2.57. The van der Waals surface area contributed by atoms with Gasteiger partial charge in [0.2, 0.25) is 5.91 Å². The summed E-state index contributed by atoms with van der Waals surface area (Å²) in [6.07, 6.45) is 9.51. The van der Waals surface area contributed by atoms with Gasteiger partial charge in [-0.1, -0.05) is 49.8 Å². The van der Waals surface area contributed by atoms with Gasteiger partial charge in [-0.25, -0.2) is 4.79 Å². The molecule has 0 unspecified atom stereocenters. The molecular weight excluding hydrogens is 494 g/mol. The standard InChI is InChI=1S/C32H41NO6/c1-31-16-14-22(34)19-21(31)8-9-23-24-10-11-27(32(24,2)17-15-25(23)31)39-29(36)13-12-28(35)33-26(30(37)38)18-20-6-4-3-5-7-20/h3-7,19,23-27H,8-18H2,1-2H3,(H,33,35)(H,37,38)/t23-,24-,25+,26+,27-,31-,32-/m0/s1. The maximum absolute atomic E-state index is 12.8. The minimum atomic E-state index is -1.10. The lowest BCUT2D eigenvalue weighted by molar-refractivity contribution is -0.160. The number of nitrogens with one attached hydrogen (secondary N) is 1. The molecule has 0 bridgehead atoms. The summed E-state index contributed by atoms with van der Waals surface area (Å²) in [4.78, 5) is 49.1. The first-order valence-electron chi connectivity index (χ1n) is 14.6. The highest BCUT2D eigenvalue weighted by Crippen LogP contribution is 2.65. The van der Waals surface area contributed by atoms with E-state index in [1.165, 1.54) is 5.57 Å². The van der Waals surface area contributed by atoms with Crippen LogP contribution in [0.25, 0.3) is 0 Å². The summed E-state index contributed by atoms with van der Waals surface area (Å²) >= 11 is 0. The Labute approximate surface area is 230 Å². The number of carbonyl (C=O) groups excluding carboxylic acids is 3. The first-order valence-corrected chi connectivity index (χ1v) is 14.6. The fourth-order valence-corrected chi connectivity index (χ4v) is 8.45. The van der Waals surface area contributed by atoms with E-state index in [4.69, 9.17) is 4.74 Å². The van der Waals surface area contributed by atoms with Crippen LogP contribution in [0.1, 0.15) is 83.6 Å². The minimum Gasteiger partial charge on any atom is -0.480 e. The van der Waals surface area contributed by atoms with Crippen molar-refractivity contribution in [1.82, 2.24) is 5.32 Å². The topological polar surface area (TPSA) is 110 Å². The average molecular weight is 536 g/mol. The monoisotopic (exact) mass is 535 g/mol. The van der Waals surface area contributed by atoms with Gasteiger partial charge in [0.15, 0.2) is 5.78 Å². The van der Waals surface area contributed by atoms with E-state index in [0.29, 0.717) is 24.2 Å². The summed E-state index contributed by atoms with van der Waals surface area (Å²) in [6.45, 7) is 4.65. The molecule has 0 heterocycles. The quantitative estimate of drug-likeness (QED) is 0.452. The van der Waals surface area contributed by atoms with Gasteiger partial charge in [0, 0.05) is 24.7 Å². The molecule has 4 aliphatic rings. The lowest BCUT2D eigenvalue weighted by atomic mass is 9.47. The molecule has 7 atom stereocenters. The largest absolute Gasteiger partial charge is 0.480 e. The molecule has 1 amide bonds. The van der Waals surface area contributed by atoms with Gasteiger partial charge in [-0.15, -0.1) is 0 Å². The smallest absolute Gasteiger partial charge is 0.326 e. The molecule has 7 heteroatoms. The third-order valence-corrected chi connectivity index (χ3v) is 10.6. The second-order valence-electron chi connectivity index (χ2n) is 12.7. The number of carboxylic acids is 1. The molecule has 5 rings (SSSR count). The van der Waals surface area contributed by atoms with Crippen LogP contribution < -0.4 is 5.32 Å². The van der Waals surface area contributed by atoms with Crippen molar-refractivity contribution in [3.63, 3.8) is 0 Å². The van der Waals surface area contributed by atoms with Gasteiger partial charge in [-0.05, 0) is 79.8 Å². The fraction of sp³-hybridized carbons (Fsp3) is 0.625. The van der Waals surface area contributed by atoms with Crippen LogP contribution in [-0.2, 0) is 30.3 Å². The van der Waals surface area contributed by atoms with Crippen molar-refractivity contribution in [1.29, 1.82) is 0 Å². The van der Waals surface area contributed by atoms with Gasteiger partial charge >= 0.3 is 11.9 Å². The zero-order valence-electron chi connectivity index (χ0n) is 23.1. The SMILES string of the molecule is C[C@]12CC[C@@H]3[C@@H](CCC4=CC(=O)CC[C@@]43C)[C@@H]1CC[C@@H]2OC(=O)CCC(=O)N[C@H](Cc1ccccc1)C(=O)O. The number of esters is 1. The van der Waals surface area contributed by atoms with E-state index in [-0.39, 0.29) is 47.9 Å². The first kappa shape index (κ1) is 27.6. The van der Waals surface area contributed by atoms with E-state index in [0.717, 1.165) is 50.5 Å². The molecule has 0 saturated heterocycles. The zero-order valence-corrected chi connectivity index (χ0v) is 23.1. The van der Waals surface area contributed by atoms with Crippen molar-refractivity contribution >= 4 is 23.6 Å². The fourth-order valence-electron chi connectivity index (χ4n) is 8.45. The Kier molecular flexibility index (Phi) is 7.71. The number of benzene rings is 1. The molecule has 3 saturated carbocycles. The van der Waals surface area contributed by atoms with Crippen LogP contribution in [0.2, 0.25) is 0 Å². The number of ketones is 1. The highest BCUT2D eigenvalue weighted by atomic mass is 16.5. The molecule has 0 aromatic heterocycles. The van der Waals surface area contributed by atoms with Gasteiger partial charge in [0.25, 0.3) is 0 Å². The Morgan fingerprint density at radius 3 is 2.51 bits per heavy atom. The van der Waals surface area contributed by atoms with E-state index >= 15 is 0 Å². The summed E-state index contributed by atoms with van der Waals surface area (Å²) in [5.74, 6) is -0.00180. The summed E-state index contributed by atoms with van der Waals surface area (Å²) in [7, 11) is 0. The van der Waals surface area contributed by atoms with Gasteiger partial charge in [0.05, 0.1) is 6.42 Å². The Balaban J connectivity index is 1.15. The molecule has 210 valence electrons. The summed E-state index contributed by atoms with van der Waals surface area (Å²) < 4.78 is 6.02. The average Bonchev–Trinajstić information content (AvgIpc) is 3.24. The second kappa shape index (κ2) is 10.9. The predicted octanol–water partition coefficient (Wildman–Crippen LogP) is 5.02. The normalized spacial score (nSPS) is 34.1. The molecule has 39 heavy (non-hydrogen) atoms. The third kappa shape index (κ3) is 5.42. The maximum atomic E-state index is 12.8. The Bertz CT molecular complexity index is 1160. The number of amides is 1. The Morgan fingerprint density at radius 1 is 1.00 bits per heavy atom. The molecule has 0 aliphatic heterocycles. The molecule has 2 N–H and O–H groups in total. The van der Waals surface area contributed by atoms with Gasteiger partial charge in [-0.3, -0.25) is 14.4 Å². The minimum absolute atomic E-state index is 0.0624. The summed E-state index contributed by atoms with van der Waals surface area (Å²) in [5, 5.41) is 12.1. The van der Waals surface area contributed by atoms with Gasteiger partial charge < -0.3 is 15.2 Å². The molecule has 0 radical (unpaired) electrons. The third-order valence-electron chi connectivity index (χ3n) is 10.6. The van der Waals surface area contributed by atoms with E-state index in [1.807, 2.05) is 36.4 Å². The highest BCUT2D eigenvalue weighted by molar-refractivity contribution is 5.91. The molecule has 1 aromatic rings. The molecule has 3 fully saturated rings. The maximum Gasteiger partial charge on any atom is 0.326 e. The van der Waals surface area contributed by atoms with Crippen molar-refractivity contribution in [2.24, 2.45) is 28.6 Å². The molecular formula is C32H41NO6. The first-order chi connectivity index (χ1) is 18.6. The predicted molar refractivity (Wildman–Crippen MR) is 146 cm³/mol. The van der Waals surface area contributed by atoms with Crippen LogP contribution in [-0.4, -0.2) is 40.9 Å². The van der Waals surface area contributed by atoms with Crippen molar-refractivity contribution < 1.29 is 29.0 Å². The number of aliphatic carboxylic acids is 1. The number of ether oxygens (including phenoxy) is 1. The number of fused-ring (bicyclic) bond motifs is 5. The second-order valence-corrected chi connectivity index (χ2v) is 12.7. The van der Waals surface area contributed by atoms with Crippen LogP contribution in [0.15, 0.2) is 42.0 Å². The number of hydrogen-bond acceptors (Lipinski definition) is 5. The van der Waals surface area contributed by atoms with Crippen molar-refractivity contribution in [2.45, 2.75) is 96.6 Å².